The molecule has 15 heavy (non-hydrogen) atoms. The van der Waals surface area contributed by atoms with E-state index < -0.39 is 0 Å². The number of nitrogens with zero attached hydrogens (tertiary/aromatic N) is 2. The fourth-order valence-electron chi connectivity index (χ4n) is 2.02. The van der Waals surface area contributed by atoms with Crippen LogP contribution in [0.3, 0.4) is 0 Å². The van der Waals surface area contributed by atoms with Crippen LogP contribution in [0, 0.1) is 12.8 Å². The average molecular weight is 204 g/mol. The first-order chi connectivity index (χ1) is 7.18. The SMILES string of the molecule is Cc1cccnc1N1CCC(=O)C(C)C1. The van der Waals surface area contributed by atoms with Crippen LogP contribution < -0.4 is 4.90 Å². The molecule has 0 saturated carbocycles. The number of hydrogen-bond donors (Lipinski definition) is 0. The molecule has 0 radical (unpaired) electrons. The van der Waals surface area contributed by atoms with Crippen molar-refractivity contribution in [2.45, 2.75) is 20.3 Å². The minimum Gasteiger partial charge on any atom is -0.355 e. The third-order valence-electron chi connectivity index (χ3n) is 2.95. The second-order valence-corrected chi connectivity index (χ2v) is 4.21. The Bertz CT molecular complexity index is 376. The zero-order valence-corrected chi connectivity index (χ0v) is 9.23. The van der Waals surface area contributed by atoms with Gasteiger partial charge in [-0.2, -0.15) is 0 Å². The highest BCUT2D eigenvalue weighted by atomic mass is 16.1. The van der Waals surface area contributed by atoms with E-state index in [0.29, 0.717) is 12.2 Å². The Balaban J connectivity index is 2.19. The monoisotopic (exact) mass is 204 g/mol. The van der Waals surface area contributed by atoms with E-state index in [9.17, 15) is 4.79 Å². The predicted octanol–water partition coefficient (Wildman–Crippen LogP) is 1.81. The van der Waals surface area contributed by atoms with Gasteiger partial charge in [-0.05, 0) is 18.6 Å². The second kappa shape index (κ2) is 4.01. The number of ketones is 1. The summed E-state index contributed by atoms with van der Waals surface area (Å²) in [4.78, 5) is 18.0. The fourth-order valence-corrected chi connectivity index (χ4v) is 2.02. The maximum atomic E-state index is 11.4. The van der Waals surface area contributed by atoms with E-state index in [1.807, 2.05) is 19.2 Å². The van der Waals surface area contributed by atoms with Crippen molar-refractivity contribution in [3.8, 4) is 0 Å². The zero-order valence-electron chi connectivity index (χ0n) is 9.23. The van der Waals surface area contributed by atoms with Gasteiger partial charge in [0.2, 0.25) is 0 Å². The number of Topliss-reactive ketones (excluding diaryl/α,β-unsaturated/α-hetero) is 1. The Morgan fingerprint density at radius 1 is 1.53 bits per heavy atom. The van der Waals surface area contributed by atoms with Crippen molar-refractivity contribution in [2.24, 2.45) is 5.92 Å². The summed E-state index contributed by atoms with van der Waals surface area (Å²) < 4.78 is 0. The molecule has 0 aromatic carbocycles. The van der Waals surface area contributed by atoms with Gasteiger partial charge in [-0.15, -0.1) is 0 Å². The highest BCUT2D eigenvalue weighted by Gasteiger charge is 2.24. The van der Waals surface area contributed by atoms with Crippen molar-refractivity contribution in [1.82, 2.24) is 4.98 Å². The van der Waals surface area contributed by atoms with Crippen LogP contribution in [0.5, 0.6) is 0 Å². The molecule has 3 nitrogen and oxygen atoms in total. The number of carbonyl (C=O) groups is 1. The topological polar surface area (TPSA) is 33.2 Å². The van der Waals surface area contributed by atoms with Gasteiger partial charge in [0, 0.05) is 31.6 Å². The Hall–Kier alpha value is -1.38. The number of rotatable bonds is 1. The molecule has 80 valence electrons. The number of pyridine rings is 1. The summed E-state index contributed by atoms with van der Waals surface area (Å²) in [6, 6.07) is 4.00. The molecule has 1 aliphatic heterocycles. The van der Waals surface area contributed by atoms with Crippen LogP contribution in [0.25, 0.3) is 0 Å². The van der Waals surface area contributed by atoms with Crippen molar-refractivity contribution in [1.29, 1.82) is 0 Å². The summed E-state index contributed by atoms with van der Waals surface area (Å²) in [6.45, 7) is 5.66. The number of aryl methyl sites for hydroxylation is 1. The molecule has 1 unspecified atom stereocenters. The van der Waals surface area contributed by atoms with Gasteiger partial charge in [-0.3, -0.25) is 4.79 Å². The molecule has 0 amide bonds. The molecule has 0 spiro atoms. The van der Waals surface area contributed by atoms with E-state index in [4.69, 9.17) is 0 Å². The van der Waals surface area contributed by atoms with Crippen LogP contribution in [0.15, 0.2) is 18.3 Å². The van der Waals surface area contributed by atoms with Crippen LogP contribution in [-0.4, -0.2) is 23.9 Å². The van der Waals surface area contributed by atoms with Crippen molar-refractivity contribution in [2.75, 3.05) is 18.0 Å². The van der Waals surface area contributed by atoms with Crippen molar-refractivity contribution >= 4 is 11.6 Å². The maximum Gasteiger partial charge on any atom is 0.139 e. The molecule has 1 saturated heterocycles. The van der Waals surface area contributed by atoms with Crippen LogP contribution in [0.2, 0.25) is 0 Å². The van der Waals surface area contributed by atoms with E-state index in [1.165, 1.54) is 5.56 Å². The van der Waals surface area contributed by atoms with Gasteiger partial charge >= 0.3 is 0 Å². The summed E-state index contributed by atoms with van der Waals surface area (Å²) in [5, 5.41) is 0. The molecule has 0 aliphatic carbocycles. The fraction of sp³-hybridized carbons (Fsp3) is 0.500. The Morgan fingerprint density at radius 3 is 3.00 bits per heavy atom. The molecule has 1 aromatic heterocycles. The van der Waals surface area contributed by atoms with Gasteiger partial charge in [0.25, 0.3) is 0 Å². The summed E-state index contributed by atoms with van der Waals surface area (Å²) in [7, 11) is 0. The van der Waals surface area contributed by atoms with E-state index in [2.05, 4.69) is 22.9 Å². The zero-order chi connectivity index (χ0) is 10.8. The molecule has 1 atom stereocenters. The lowest BCUT2D eigenvalue weighted by atomic mass is 9.98. The highest BCUT2D eigenvalue weighted by Crippen LogP contribution is 2.21. The van der Waals surface area contributed by atoms with Gasteiger partial charge < -0.3 is 4.90 Å². The number of hydrogen-bond acceptors (Lipinski definition) is 3. The molecular weight excluding hydrogens is 188 g/mol. The number of aromatic nitrogens is 1. The number of anilines is 1. The second-order valence-electron chi connectivity index (χ2n) is 4.21. The Morgan fingerprint density at radius 2 is 2.33 bits per heavy atom. The molecule has 1 fully saturated rings. The first-order valence-electron chi connectivity index (χ1n) is 5.38. The van der Waals surface area contributed by atoms with Gasteiger partial charge in [0.1, 0.15) is 11.6 Å². The largest absolute Gasteiger partial charge is 0.355 e. The van der Waals surface area contributed by atoms with Crippen molar-refractivity contribution < 1.29 is 4.79 Å². The molecule has 0 bridgehead atoms. The van der Waals surface area contributed by atoms with E-state index in [-0.39, 0.29) is 5.92 Å². The van der Waals surface area contributed by atoms with E-state index in [1.54, 1.807) is 0 Å². The lowest BCUT2D eigenvalue weighted by Gasteiger charge is -2.31. The van der Waals surface area contributed by atoms with Crippen molar-refractivity contribution in [3.05, 3.63) is 23.9 Å². The number of carbonyl (C=O) groups excluding carboxylic acids is 1. The highest BCUT2D eigenvalue weighted by molar-refractivity contribution is 5.83. The lowest BCUT2D eigenvalue weighted by molar-refractivity contribution is -0.122. The Kier molecular flexibility index (Phi) is 2.71. The van der Waals surface area contributed by atoms with E-state index in [0.717, 1.165) is 18.9 Å². The molecule has 0 N–H and O–H groups in total. The molecule has 2 heterocycles. The quantitative estimate of drug-likeness (QED) is 0.699. The van der Waals surface area contributed by atoms with E-state index >= 15 is 0 Å². The lowest BCUT2D eigenvalue weighted by Crippen LogP contribution is -2.40. The van der Waals surface area contributed by atoms with Crippen molar-refractivity contribution in [3.63, 3.8) is 0 Å². The average Bonchev–Trinajstić information content (AvgIpc) is 2.23. The normalized spacial score (nSPS) is 21.9. The van der Waals surface area contributed by atoms with Gasteiger partial charge in [-0.25, -0.2) is 4.98 Å². The molecular formula is C12H16N2O. The third-order valence-corrected chi connectivity index (χ3v) is 2.95. The first kappa shape index (κ1) is 10.1. The standard InChI is InChI=1S/C12H16N2O/c1-9-4-3-6-13-12(9)14-7-5-11(15)10(2)8-14/h3-4,6,10H,5,7-8H2,1-2H3. The summed E-state index contributed by atoms with van der Waals surface area (Å²) in [5.74, 6) is 1.54. The summed E-state index contributed by atoms with van der Waals surface area (Å²) in [5.41, 5.74) is 1.18. The van der Waals surface area contributed by atoms with Crippen LogP contribution >= 0.6 is 0 Å². The number of piperidine rings is 1. The third kappa shape index (κ3) is 2.01. The van der Waals surface area contributed by atoms with Crippen LogP contribution in [0.4, 0.5) is 5.82 Å². The molecule has 1 aromatic rings. The van der Waals surface area contributed by atoms with Gasteiger partial charge in [0.15, 0.2) is 0 Å². The van der Waals surface area contributed by atoms with Crippen LogP contribution in [-0.2, 0) is 4.79 Å². The van der Waals surface area contributed by atoms with Gasteiger partial charge in [-0.1, -0.05) is 13.0 Å². The molecule has 1 aliphatic rings. The smallest absolute Gasteiger partial charge is 0.139 e. The molecule has 3 heteroatoms. The minimum atomic E-state index is 0.139. The van der Waals surface area contributed by atoms with Crippen LogP contribution in [0.1, 0.15) is 18.9 Å². The summed E-state index contributed by atoms with van der Waals surface area (Å²) in [6.07, 6.45) is 2.46. The summed E-state index contributed by atoms with van der Waals surface area (Å²) >= 11 is 0. The minimum absolute atomic E-state index is 0.139. The predicted molar refractivity (Wildman–Crippen MR) is 60.0 cm³/mol. The maximum absolute atomic E-state index is 11.4. The molecule has 2 rings (SSSR count). The Labute approximate surface area is 90.1 Å². The van der Waals surface area contributed by atoms with Gasteiger partial charge in [0.05, 0.1) is 0 Å². The first-order valence-corrected chi connectivity index (χ1v) is 5.38.